The van der Waals surface area contributed by atoms with Crippen LogP contribution in [0.2, 0.25) is 0 Å². The van der Waals surface area contributed by atoms with Gasteiger partial charge in [0.1, 0.15) is 17.7 Å². The molecule has 0 spiro atoms. The molecule has 192 valence electrons. The number of nitrogens with zero attached hydrogens (tertiary/aromatic N) is 2. The molecule has 1 aliphatic carbocycles. The molecule has 1 aromatic heterocycles. The summed E-state index contributed by atoms with van der Waals surface area (Å²) in [5.74, 6) is 0.253. The lowest BCUT2D eigenvalue weighted by molar-refractivity contribution is -0.139. The van der Waals surface area contributed by atoms with E-state index in [0.717, 1.165) is 43.3 Å². The Hall–Kier alpha value is -1.93. The van der Waals surface area contributed by atoms with Crippen LogP contribution in [0.5, 0.6) is 5.75 Å². The second kappa shape index (κ2) is 12.3. The van der Waals surface area contributed by atoms with E-state index in [1.807, 2.05) is 0 Å². The van der Waals surface area contributed by atoms with Gasteiger partial charge in [-0.1, -0.05) is 12.8 Å². The summed E-state index contributed by atoms with van der Waals surface area (Å²) in [6.45, 7) is 2.63. The van der Waals surface area contributed by atoms with Gasteiger partial charge in [-0.25, -0.2) is 8.78 Å². The summed E-state index contributed by atoms with van der Waals surface area (Å²) in [7, 11) is 1.52. The molecule has 3 atom stereocenters. The smallest absolute Gasteiger partial charge is 0.303 e. The van der Waals surface area contributed by atoms with Gasteiger partial charge < -0.3 is 14.7 Å². The molecule has 1 saturated carbocycles. The molecular formula is C27H36F2N2O3S. The minimum Gasteiger partial charge on any atom is -0.497 e. The first kappa shape index (κ1) is 26.1. The van der Waals surface area contributed by atoms with Crippen molar-refractivity contribution in [2.45, 2.75) is 62.8 Å². The van der Waals surface area contributed by atoms with E-state index >= 15 is 4.39 Å². The number of hydrogen-bond acceptors (Lipinski definition) is 5. The Kier molecular flexibility index (Phi) is 9.22. The van der Waals surface area contributed by atoms with Crippen LogP contribution in [0.4, 0.5) is 8.78 Å². The van der Waals surface area contributed by atoms with Gasteiger partial charge in [-0.05, 0) is 68.7 Å². The minimum atomic E-state index is -1.49. The molecule has 0 radical (unpaired) electrons. The van der Waals surface area contributed by atoms with Gasteiger partial charge in [-0.2, -0.15) is 11.8 Å². The number of benzene rings is 1. The highest BCUT2D eigenvalue weighted by atomic mass is 32.2. The van der Waals surface area contributed by atoms with Crippen LogP contribution in [0, 0.1) is 17.7 Å². The fourth-order valence-electron chi connectivity index (χ4n) is 5.72. The second-order valence-electron chi connectivity index (χ2n) is 9.93. The van der Waals surface area contributed by atoms with Crippen molar-refractivity contribution >= 4 is 28.6 Å². The highest BCUT2D eigenvalue weighted by molar-refractivity contribution is 7.99. The number of halogens is 2. The van der Waals surface area contributed by atoms with Gasteiger partial charge in [0, 0.05) is 41.5 Å². The third-order valence-electron chi connectivity index (χ3n) is 7.65. The third-order valence-corrected chi connectivity index (χ3v) is 9.01. The van der Waals surface area contributed by atoms with Crippen molar-refractivity contribution in [3.05, 3.63) is 35.8 Å². The molecule has 1 saturated heterocycles. The lowest BCUT2D eigenvalue weighted by Gasteiger charge is -2.38. The highest BCUT2D eigenvalue weighted by Gasteiger charge is 2.32. The first-order valence-electron chi connectivity index (χ1n) is 12.8. The molecule has 2 aromatic rings. The zero-order valence-corrected chi connectivity index (χ0v) is 21.2. The Morgan fingerprint density at radius 1 is 1.29 bits per heavy atom. The first-order chi connectivity index (χ1) is 16.9. The van der Waals surface area contributed by atoms with Crippen molar-refractivity contribution in [2.24, 2.45) is 11.8 Å². The largest absolute Gasteiger partial charge is 0.497 e. The summed E-state index contributed by atoms with van der Waals surface area (Å²) in [6.07, 6.45) is 6.55. The summed E-state index contributed by atoms with van der Waals surface area (Å²) in [5, 5.41) is 10.7. The Balaban J connectivity index is 1.37. The van der Waals surface area contributed by atoms with Crippen molar-refractivity contribution in [3.8, 4) is 5.75 Å². The third kappa shape index (κ3) is 6.85. The van der Waals surface area contributed by atoms with E-state index < -0.39 is 18.0 Å². The molecule has 8 heteroatoms. The number of hydrogen-bond donors (Lipinski definition) is 1. The number of piperidine rings is 1. The van der Waals surface area contributed by atoms with Gasteiger partial charge in [0.2, 0.25) is 0 Å². The molecule has 1 N–H and O–H groups in total. The van der Waals surface area contributed by atoms with Crippen molar-refractivity contribution in [2.75, 3.05) is 32.5 Å². The van der Waals surface area contributed by atoms with Crippen LogP contribution in [0.15, 0.2) is 24.4 Å². The van der Waals surface area contributed by atoms with E-state index in [2.05, 4.69) is 21.6 Å². The first-order valence-corrected chi connectivity index (χ1v) is 13.8. The maximum atomic E-state index is 15.5. The molecule has 4 rings (SSSR count). The normalized spacial score (nSPS) is 22.5. The monoisotopic (exact) mass is 506 g/mol. The number of likely N-dealkylation sites (tertiary alicyclic amines) is 1. The second-order valence-corrected chi connectivity index (χ2v) is 11.3. The molecular weight excluding hydrogens is 470 g/mol. The van der Waals surface area contributed by atoms with Crippen LogP contribution >= 0.6 is 11.8 Å². The zero-order chi connectivity index (χ0) is 24.8. The number of carboxylic acids is 1. The zero-order valence-electron chi connectivity index (χ0n) is 20.4. The molecule has 0 amide bonds. The Morgan fingerprint density at radius 2 is 2.09 bits per heavy atom. The number of ether oxygens (including phenoxy) is 1. The van der Waals surface area contributed by atoms with Crippen LogP contribution in [0.3, 0.4) is 0 Å². The summed E-state index contributed by atoms with van der Waals surface area (Å²) in [4.78, 5) is 18.0. The number of alkyl halides is 1. The number of rotatable bonds is 11. The molecule has 5 nitrogen and oxygen atoms in total. The van der Waals surface area contributed by atoms with Crippen LogP contribution < -0.4 is 4.74 Å². The molecule has 1 aliphatic heterocycles. The van der Waals surface area contributed by atoms with Crippen LogP contribution in [0.1, 0.15) is 63.1 Å². The van der Waals surface area contributed by atoms with Gasteiger partial charge in [0.05, 0.1) is 18.8 Å². The maximum Gasteiger partial charge on any atom is 0.303 e. The van der Waals surface area contributed by atoms with Crippen LogP contribution in [-0.2, 0) is 4.79 Å². The van der Waals surface area contributed by atoms with E-state index in [1.165, 1.54) is 32.8 Å². The average Bonchev–Trinajstić information content (AvgIpc) is 3.36. The fourth-order valence-corrected chi connectivity index (χ4v) is 7.08. The van der Waals surface area contributed by atoms with Gasteiger partial charge in [0.15, 0.2) is 0 Å². The number of aliphatic carboxylic acids is 1. The summed E-state index contributed by atoms with van der Waals surface area (Å²) in [6, 6.07) is 5.05. The van der Waals surface area contributed by atoms with Crippen molar-refractivity contribution in [1.82, 2.24) is 9.88 Å². The van der Waals surface area contributed by atoms with E-state index in [9.17, 15) is 14.3 Å². The van der Waals surface area contributed by atoms with Crippen LogP contribution in [0.25, 0.3) is 10.9 Å². The highest BCUT2D eigenvalue weighted by Crippen LogP contribution is 2.37. The lowest BCUT2D eigenvalue weighted by Crippen LogP contribution is -2.42. The van der Waals surface area contributed by atoms with Crippen molar-refractivity contribution in [3.63, 3.8) is 0 Å². The van der Waals surface area contributed by atoms with Gasteiger partial charge >= 0.3 is 5.97 Å². The summed E-state index contributed by atoms with van der Waals surface area (Å²) >= 11 is 2.05. The topological polar surface area (TPSA) is 62.7 Å². The number of thioether (sulfide) groups is 1. The number of aromatic nitrogens is 1. The van der Waals surface area contributed by atoms with E-state index in [4.69, 9.17) is 4.74 Å². The maximum absolute atomic E-state index is 15.5. The van der Waals surface area contributed by atoms with E-state index in [1.54, 1.807) is 18.2 Å². The van der Waals surface area contributed by atoms with E-state index in [0.29, 0.717) is 23.1 Å². The molecule has 2 fully saturated rings. The molecule has 2 aliphatic rings. The molecule has 35 heavy (non-hydrogen) atoms. The molecule has 1 aromatic carbocycles. The fraction of sp³-hybridized carbons (Fsp3) is 0.630. The minimum absolute atomic E-state index is 0.0101. The number of methoxy groups -OCH3 is 1. The molecule has 0 bridgehead atoms. The number of pyridine rings is 1. The SMILES string of the molecule is COc1ccc2ncc(F)c(C(F)CCC3CCN(CCSC4CCCC4)CC3CC(=O)O)c2c1. The summed E-state index contributed by atoms with van der Waals surface area (Å²) in [5.41, 5.74) is 0.544. The lowest BCUT2D eigenvalue weighted by atomic mass is 9.79. The summed E-state index contributed by atoms with van der Waals surface area (Å²) < 4.78 is 35.4. The molecule has 2 heterocycles. The van der Waals surface area contributed by atoms with Crippen LogP contribution in [-0.4, -0.2) is 58.7 Å². The number of carbonyl (C=O) groups is 1. The van der Waals surface area contributed by atoms with E-state index in [-0.39, 0.29) is 30.2 Å². The predicted molar refractivity (Wildman–Crippen MR) is 136 cm³/mol. The van der Waals surface area contributed by atoms with Gasteiger partial charge in [0.25, 0.3) is 0 Å². The van der Waals surface area contributed by atoms with Crippen molar-refractivity contribution in [1.29, 1.82) is 0 Å². The van der Waals surface area contributed by atoms with Gasteiger partial charge in [-0.3, -0.25) is 9.78 Å². The quantitative estimate of drug-likeness (QED) is 0.388. The standard InChI is InChI=1S/C27H36F2N2O3S/c1-34-20-7-9-25-22(15-20)27(24(29)16-30-25)23(28)8-6-18-10-11-31(17-19(18)14-26(32)33)12-13-35-21-4-2-3-5-21/h7,9,15-16,18-19,21,23H,2-6,8,10-14,17H2,1H3,(H,32,33). The Bertz CT molecular complexity index is 1000. The predicted octanol–water partition coefficient (Wildman–Crippen LogP) is 6.26. The molecule has 3 unspecified atom stereocenters. The Morgan fingerprint density at radius 3 is 2.83 bits per heavy atom. The van der Waals surface area contributed by atoms with Gasteiger partial charge in [-0.15, -0.1) is 0 Å². The van der Waals surface area contributed by atoms with Crippen molar-refractivity contribution < 1.29 is 23.4 Å². The number of carboxylic acid groups (broad SMARTS) is 1. The Labute approximate surface area is 210 Å². The average molecular weight is 507 g/mol. The number of fused-ring (bicyclic) bond motifs is 1.